The topological polar surface area (TPSA) is 72.5 Å². The second-order valence-electron chi connectivity index (χ2n) is 7.38. The Morgan fingerprint density at radius 1 is 0.966 bits per heavy atom. The van der Waals surface area contributed by atoms with Gasteiger partial charge in [-0.2, -0.15) is 0 Å². The van der Waals surface area contributed by atoms with Gasteiger partial charge < -0.3 is 10.1 Å². The van der Waals surface area contributed by atoms with Crippen LogP contribution in [0.1, 0.15) is 44.6 Å². The summed E-state index contributed by atoms with van der Waals surface area (Å²) in [7, 11) is 0. The standard InChI is InChI=1S/C23H25NO4S/c1-12-13(2)15(4)22(16(5)14(12)3)18(25)11-28-21(26)10-20-23(27)24-17-8-6-7-9-19(17)29-20/h6-9,20H,10-11H2,1-5H3,(H,24,27). The summed E-state index contributed by atoms with van der Waals surface area (Å²) in [5.41, 5.74) is 6.55. The number of carbonyl (C=O) groups is 3. The van der Waals surface area contributed by atoms with Gasteiger partial charge in [-0.3, -0.25) is 14.4 Å². The van der Waals surface area contributed by atoms with E-state index in [2.05, 4.69) is 5.32 Å². The average Bonchev–Trinajstić information content (AvgIpc) is 2.70. The predicted molar refractivity (Wildman–Crippen MR) is 115 cm³/mol. The summed E-state index contributed by atoms with van der Waals surface area (Å²) in [4.78, 5) is 38.2. The van der Waals surface area contributed by atoms with Crippen molar-refractivity contribution in [2.45, 2.75) is 51.2 Å². The molecule has 2 aromatic rings. The highest BCUT2D eigenvalue weighted by molar-refractivity contribution is 8.01. The van der Waals surface area contributed by atoms with Crippen LogP contribution in [0.2, 0.25) is 0 Å². The maximum absolute atomic E-state index is 12.8. The molecule has 1 amide bonds. The van der Waals surface area contributed by atoms with Crippen molar-refractivity contribution in [2.75, 3.05) is 11.9 Å². The van der Waals surface area contributed by atoms with Crippen molar-refractivity contribution in [3.8, 4) is 0 Å². The molecule has 6 heteroatoms. The minimum absolute atomic E-state index is 0.0813. The second-order valence-corrected chi connectivity index (χ2v) is 8.62. The van der Waals surface area contributed by atoms with E-state index in [1.807, 2.05) is 58.9 Å². The van der Waals surface area contributed by atoms with Crippen LogP contribution in [0.25, 0.3) is 0 Å². The molecule has 1 heterocycles. The summed E-state index contributed by atoms with van der Waals surface area (Å²) in [6.45, 7) is 9.56. The van der Waals surface area contributed by atoms with Crippen LogP contribution >= 0.6 is 11.8 Å². The maximum atomic E-state index is 12.8. The van der Waals surface area contributed by atoms with E-state index in [0.29, 0.717) is 5.56 Å². The zero-order valence-corrected chi connectivity index (χ0v) is 18.2. The largest absolute Gasteiger partial charge is 0.457 e. The third-order valence-electron chi connectivity index (χ3n) is 5.70. The number of anilines is 1. The van der Waals surface area contributed by atoms with Crippen molar-refractivity contribution in [2.24, 2.45) is 0 Å². The third-order valence-corrected chi connectivity index (χ3v) is 6.98. The first-order valence-corrected chi connectivity index (χ1v) is 10.4. The first kappa shape index (κ1) is 21.1. The molecule has 0 bridgehead atoms. The summed E-state index contributed by atoms with van der Waals surface area (Å²) in [6.07, 6.45) is -0.0813. The fourth-order valence-electron chi connectivity index (χ4n) is 3.57. The Hall–Kier alpha value is -2.60. The lowest BCUT2D eigenvalue weighted by molar-refractivity contribution is -0.143. The van der Waals surface area contributed by atoms with Gasteiger partial charge in [-0.15, -0.1) is 11.8 Å². The summed E-state index contributed by atoms with van der Waals surface area (Å²) >= 11 is 1.34. The predicted octanol–water partition coefficient (Wildman–Crippen LogP) is 4.46. The molecule has 29 heavy (non-hydrogen) atoms. The molecule has 0 fully saturated rings. The number of fused-ring (bicyclic) bond motifs is 1. The van der Waals surface area contributed by atoms with Gasteiger partial charge in [-0.05, 0) is 74.6 Å². The Morgan fingerprint density at radius 2 is 1.55 bits per heavy atom. The summed E-state index contributed by atoms with van der Waals surface area (Å²) in [5, 5.41) is 2.23. The number of para-hydroxylation sites is 1. The van der Waals surface area contributed by atoms with E-state index >= 15 is 0 Å². The van der Waals surface area contributed by atoms with E-state index < -0.39 is 11.2 Å². The number of rotatable bonds is 5. The van der Waals surface area contributed by atoms with Crippen molar-refractivity contribution in [1.82, 2.24) is 0 Å². The molecule has 1 aliphatic heterocycles. The van der Waals surface area contributed by atoms with Gasteiger partial charge in [-0.1, -0.05) is 12.1 Å². The number of carbonyl (C=O) groups excluding carboxylic acids is 3. The normalized spacial score (nSPS) is 15.5. The zero-order valence-electron chi connectivity index (χ0n) is 17.3. The molecular weight excluding hydrogens is 386 g/mol. The first-order chi connectivity index (χ1) is 13.7. The second kappa shape index (κ2) is 8.41. The van der Waals surface area contributed by atoms with Gasteiger partial charge in [-0.25, -0.2) is 0 Å². The number of amides is 1. The van der Waals surface area contributed by atoms with Crippen LogP contribution in [0, 0.1) is 34.6 Å². The van der Waals surface area contributed by atoms with Crippen LogP contribution in [-0.4, -0.2) is 29.5 Å². The Labute approximate surface area is 175 Å². The molecule has 152 valence electrons. The Balaban J connectivity index is 1.65. The van der Waals surface area contributed by atoms with E-state index in [1.165, 1.54) is 17.3 Å². The van der Waals surface area contributed by atoms with Crippen molar-refractivity contribution >= 4 is 35.1 Å². The molecule has 0 saturated carbocycles. The van der Waals surface area contributed by atoms with Crippen molar-refractivity contribution in [3.63, 3.8) is 0 Å². The molecule has 3 rings (SSSR count). The molecule has 0 radical (unpaired) electrons. The summed E-state index contributed by atoms with van der Waals surface area (Å²) in [6, 6.07) is 7.45. The van der Waals surface area contributed by atoms with Crippen LogP contribution in [0.5, 0.6) is 0 Å². The monoisotopic (exact) mass is 411 g/mol. The SMILES string of the molecule is Cc1c(C)c(C)c(C(=O)COC(=O)CC2Sc3ccccc3NC2=O)c(C)c1C. The number of hydrogen-bond acceptors (Lipinski definition) is 5. The van der Waals surface area contributed by atoms with Crippen LogP contribution in [0.3, 0.4) is 0 Å². The highest BCUT2D eigenvalue weighted by Gasteiger charge is 2.29. The molecule has 2 aromatic carbocycles. The quantitative estimate of drug-likeness (QED) is 0.581. The number of Topliss-reactive ketones (excluding diaryl/α,β-unsaturated/α-hetero) is 1. The lowest BCUT2D eigenvalue weighted by atomic mass is 9.88. The number of ether oxygens (including phenoxy) is 1. The van der Waals surface area contributed by atoms with Gasteiger partial charge in [0, 0.05) is 10.5 Å². The number of thioether (sulfide) groups is 1. The minimum Gasteiger partial charge on any atom is -0.457 e. The Bertz CT molecular complexity index is 983. The number of hydrogen-bond donors (Lipinski definition) is 1. The lowest BCUT2D eigenvalue weighted by Gasteiger charge is -2.23. The molecule has 1 aliphatic rings. The molecule has 1 atom stereocenters. The molecular formula is C23H25NO4S. The van der Waals surface area contributed by atoms with E-state index in [-0.39, 0.29) is 24.7 Å². The van der Waals surface area contributed by atoms with Crippen molar-refractivity contribution in [1.29, 1.82) is 0 Å². The zero-order chi connectivity index (χ0) is 21.3. The highest BCUT2D eigenvalue weighted by atomic mass is 32.2. The van der Waals surface area contributed by atoms with Crippen LogP contribution in [-0.2, 0) is 14.3 Å². The number of nitrogens with one attached hydrogen (secondary N) is 1. The third kappa shape index (κ3) is 4.22. The van der Waals surface area contributed by atoms with Gasteiger partial charge in [0.25, 0.3) is 0 Å². The van der Waals surface area contributed by atoms with Crippen molar-refractivity contribution < 1.29 is 19.1 Å². The maximum Gasteiger partial charge on any atom is 0.307 e. The van der Waals surface area contributed by atoms with Gasteiger partial charge in [0.05, 0.1) is 17.4 Å². The van der Waals surface area contributed by atoms with Gasteiger partial charge in [0.1, 0.15) is 0 Å². The molecule has 0 aromatic heterocycles. The molecule has 0 aliphatic carbocycles. The first-order valence-electron chi connectivity index (χ1n) is 9.53. The van der Waals surface area contributed by atoms with E-state index in [9.17, 15) is 14.4 Å². The van der Waals surface area contributed by atoms with Gasteiger partial charge in [0.15, 0.2) is 6.61 Å². The Kier molecular flexibility index (Phi) is 6.13. The lowest BCUT2D eigenvalue weighted by Crippen LogP contribution is -2.31. The summed E-state index contributed by atoms with van der Waals surface area (Å²) < 4.78 is 5.24. The molecule has 1 unspecified atom stereocenters. The fraction of sp³-hybridized carbons (Fsp3) is 0.348. The van der Waals surface area contributed by atoms with Gasteiger partial charge in [0.2, 0.25) is 11.7 Å². The summed E-state index contributed by atoms with van der Waals surface area (Å²) in [5.74, 6) is -1.000. The van der Waals surface area contributed by atoms with Crippen LogP contribution in [0.15, 0.2) is 29.2 Å². The average molecular weight is 412 g/mol. The fourth-order valence-corrected chi connectivity index (χ4v) is 4.67. The number of benzene rings is 2. The molecule has 0 saturated heterocycles. The van der Waals surface area contributed by atoms with Crippen LogP contribution in [0.4, 0.5) is 5.69 Å². The smallest absolute Gasteiger partial charge is 0.307 e. The van der Waals surface area contributed by atoms with Crippen molar-refractivity contribution in [3.05, 3.63) is 57.6 Å². The van der Waals surface area contributed by atoms with Crippen LogP contribution < -0.4 is 5.32 Å². The van der Waals surface area contributed by atoms with Gasteiger partial charge >= 0.3 is 5.97 Å². The molecule has 0 spiro atoms. The minimum atomic E-state index is -0.570. The van der Waals surface area contributed by atoms with E-state index in [0.717, 1.165) is 32.8 Å². The molecule has 5 nitrogen and oxygen atoms in total. The number of esters is 1. The highest BCUT2D eigenvalue weighted by Crippen LogP contribution is 2.36. The van der Waals surface area contributed by atoms with E-state index in [4.69, 9.17) is 4.74 Å². The number of ketones is 1. The Morgan fingerprint density at radius 3 is 2.21 bits per heavy atom. The molecule has 1 N–H and O–H groups in total. The van der Waals surface area contributed by atoms with E-state index in [1.54, 1.807) is 0 Å².